The van der Waals surface area contributed by atoms with Crippen molar-refractivity contribution in [3.63, 3.8) is 0 Å². The van der Waals surface area contributed by atoms with E-state index in [1.54, 1.807) is 12.3 Å². The molecular formula is C32H31FN4O3. The quantitative estimate of drug-likeness (QED) is 0.266. The summed E-state index contributed by atoms with van der Waals surface area (Å²) >= 11 is 0. The maximum Gasteiger partial charge on any atom is 0.237 e. The number of fused-ring (bicyclic) bond motifs is 1. The zero-order chi connectivity index (χ0) is 27.9. The van der Waals surface area contributed by atoms with Crippen LogP contribution in [0.5, 0.6) is 0 Å². The van der Waals surface area contributed by atoms with Crippen LogP contribution in [0.1, 0.15) is 43.8 Å². The smallest absolute Gasteiger partial charge is 0.237 e. The van der Waals surface area contributed by atoms with Crippen LogP contribution in [0, 0.1) is 5.82 Å². The lowest BCUT2D eigenvalue weighted by atomic mass is 9.84. The standard InChI is InChI=1S/C32H31FN4O3/c1-21(22-10-6-4-7-11-22)37-20-25(30-34-31(40-35-30)32(2,3)23-12-8-5-9-13-23)29(38)24-18-26(33)28(19-27(24)37)36-14-16-39-17-15-36/h4-13,18-21H,14-17H2,1-3H3. The third-order valence-electron chi connectivity index (χ3n) is 7.85. The van der Waals surface area contributed by atoms with Crippen LogP contribution in [0.25, 0.3) is 22.3 Å². The van der Waals surface area contributed by atoms with Crippen LogP contribution in [0.15, 0.2) is 88.3 Å². The molecule has 0 aliphatic carbocycles. The predicted octanol–water partition coefficient (Wildman–Crippen LogP) is 5.96. The molecule has 5 aromatic rings. The van der Waals surface area contributed by atoms with E-state index in [0.717, 1.165) is 11.1 Å². The molecule has 1 atom stereocenters. The Balaban J connectivity index is 1.53. The molecule has 3 aromatic carbocycles. The van der Waals surface area contributed by atoms with Crippen molar-refractivity contribution in [2.45, 2.75) is 32.2 Å². The van der Waals surface area contributed by atoms with Crippen molar-refractivity contribution in [2.24, 2.45) is 0 Å². The highest BCUT2D eigenvalue weighted by atomic mass is 19.1. The third-order valence-corrected chi connectivity index (χ3v) is 7.85. The van der Waals surface area contributed by atoms with E-state index in [4.69, 9.17) is 9.26 Å². The molecule has 1 unspecified atom stereocenters. The topological polar surface area (TPSA) is 73.4 Å². The number of ether oxygens (including phenoxy) is 1. The van der Waals surface area contributed by atoms with Gasteiger partial charge in [-0.25, -0.2) is 4.39 Å². The number of aromatic nitrogens is 3. The second kappa shape index (κ2) is 10.4. The second-order valence-electron chi connectivity index (χ2n) is 10.7. The normalized spacial score (nSPS) is 14.9. The van der Waals surface area contributed by atoms with E-state index in [1.807, 2.05) is 84.0 Å². The van der Waals surface area contributed by atoms with Crippen molar-refractivity contribution in [1.29, 1.82) is 0 Å². The average Bonchev–Trinajstić information content (AvgIpc) is 3.49. The van der Waals surface area contributed by atoms with Crippen molar-refractivity contribution in [3.05, 3.63) is 112 Å². The highest BCUT2D eigenvalue weighted by Crippen LogP contribution is 2.33. The van der Waals surface area contributed by atoms with Crippen molar-refractivity contribution < 1.29 is 13.7 Å². The van der Waals surface area contributed by atoms with Crippen LogP contribution < -0.4 is 10.3 Å². The zero-order valence-corrected chi connectivity index (χ0v) is 22.8. The van der Waals surface area contributed by atoms with Gasteiger partial charge in [0.05, 0.1) is 41.4 Å². The second-order valence-corrected chi connectivity index (χ2v) is 10.7. The molecule has 1 aliphatic heterocycles. The molecule has 0 saturated carbocycles. The van der Waals surface area contributed by atoms with Gasteiger partial charge in [0.1, 0.15) is 5.82 Å². The summed E-state index contributed by atoms with van der Waals surface area (Å²) in [4.78, 5) is 20.5. The van der Waals surface area contributed by atoms with Crippen LogP contribution in [-0.2, 0) is 10.2 Å². The van der Waals surface area contributed by atoms with E-state index in [2.05, 4.69) is 17.1 Å². The minimum absolute atomic E-state index is 0.154. The molecule has 8 heteroatoms. The predicted molar refractivity (Wildman–Crippen MR) is 153 cm³/mol. The van der Waals surface area contributed by atoms with Crippen molar-refractivity contribution in [2.75, 3.05) is 31.2 Å². The van der Waals surface area contributed by atoms with Crippen LogP contribution in [0.2, 0.25) is 0 Å². The van der Waals surface area contributed by atoms with Gasteiger partial charge >= 0.3 is 0 Å². The van der Waals surface area contributed by atoms with Gasteiger partial charge in [-0.3, -0.25) is 4.79 Å². The van der Waals surface area contributed by atoms with Gasteiger partial charge in [0.15, 0.2) is 0 Å². The molecule has 3 heterocycles. The molecule has 1 aliphatic rings. The summed E-state index contributed by atoms with van der Waals surface area (Å²) in [5.41, 5.74) is 2.51. The number of nitrogens with zero attached hydrogens (tertiary/aromatic N) is 4. The van der Waals surface area contributed by atoms with Gasteiger partial charge in [-0.1, -0.05) is 65.8 Å². The van der Waals surface area contributed by atoms with Gasteiger partial charge in [0.2, 0.25) is 17.1 Å². The fourth-order valence-electron chi connectivity index (χ4n) is 5.34. The molecule has 0 spiro atoms. The number of rotatable bonds is 6. The molecule has 40 heavy (non-hydrogen) atoms. The van der Waals surface area contributed by atoms with E-state index in [9.17, 15) is 4.79 Å². The van der Waals surface area contributed by atoms with Gasteiger partial charge in [-0.2, -0.15) is 4.98 Å². The molecule has 0 N–H and O–H groups in total. The van der Waals surface area contributed by atoms with Crippen molar-refractivity contribution >= 4 is 16.6 Å². The fourth-order valence-corrected chi connectivity index (χ4v) is 5.34. The third kappa shape index (κ3) is 4.58. The molecule has 2 aromatic heterocycles. The Morgan fingerprint density at radius 2 is 1.65 bits per heavy atom. The Morgan fingerprint density at radius 1 is 0.975 bits per heavy atom. The minimum atomic E-state index is -0.571. The van der Waals surface area contributed by atoms with Crippen LogP contribution >= 0.6 is 0 Å². The van der Waals surface area contributed by atoms with E-state index in [0.29, 0.717) is 43.4 Å². The first-order valence-corrected chi connectivity index (χ1v) is 13.5. The lowest BCUT2D eigenvalue weighted by Gasteiger charge is -2.30. The first-order chi connectivity index (χ1) is 19.3. The van der Waals surface area contributed by atoms with Crippen molar-refractivity contribution in [1.82, 2.24) is 14.7 Å². The maximum absolute atomic E-state index is 15.5. The summed E-state index contributed by atoms with van der Waals surface area (Å²) in [5.74, 6) is 0.129. The first kappa shape index (κ1) is 26.0. The summed E-state index contributed by atoms with van der Waals surface area (Å²) in [7, 11) is 0. The number of hydrogen-bond donors (Lipinski definition) is 0. The monoisotopic (exact) mass is 538 g/mol. The largest absolute Gasteiger partial charge is 0.378 e. The molecule has 7 nitrogen and oxygen atoms in total. The summed E-state index contributed by atoms with van der Waals surface area (Å²) in [5, 5.41) is 4.48. The lowest BCUT2D eigenvalue weighted by molar-refractivity contribution is 0.122. The summed E-state index contributed by atoms with van der Waals surface area (Å²) in [6.45, 7) is 8.29. The molecule has 0 bridgehead atoms. The average molecular weight is 539 g/mol. The zero-order valence-electron chi connectivity index (χ0n) is 22.8. The molecule has 0 amide bonds. The van der Waals surface area contributed by atoms with E-state index in [1.165, 1.54) is 6.07 Å². The molecular weight excluding hydrogens is 507 g/mol. The maximum atomic E-state index is 15.5. The van der Waals surface area contributed by atoms with E-state index >= 15 is 4.39 Å². The fraction of sp³-hybridized carbons (Fsp3) is 0.281. The van der Waals surface area contributed by atoms with E-state index < -0.39 is 11.2 Å². The highest BCUT2D eigenvalue weighted by Gasteiger charge is 2.31. The number of benzene rings is 3. The Morgan fingerprint density at radius 3 is 2.35 bits per heavy atom. The summed E-state index contributed by atoms with van der Waals surface area (Å²) in [6, 6.07) is 22.8. The first-order valence-electron chi connectivity index (χ1n) is 13.5. The number of hydrogen-bond acceptors (Lipinski definition) is 6. The van der Waals surface area contributed by atoms with Gasteiger partial charge in [-0.15, -0.1) is 0 Å². The van der Waals surface area contributed by atoms with Gasteiger partial charge in [0.25, 0.3) is 0 Å². The molecule has 1 saturated heterocycles. The van der Waals surface area contributed by atoms with Gasteiger partial charge in [0, 0.05) is 24.7 Å². The molecule has 6 rings (SSSR count). The van der Waals surface area contributed by atoms with Gasteiger partial charge in [-0.05, 0) is 44.0 Å². The van der Waals surface area contributed by atoms with Crippen molar-refractivity contribution in [3.8, 4) is 11.4 Å². The minimum Gasteiger partial charge on any atom is -0.378 e. The summed E-state index contributed by atoms with van der Waals surface area (Å²) in [6.07, 6.45) is 1.77. The Labute approximate surface area is 231 Å². The molecule has 1 fully saturated rings. The van der Waals surface area contributed by atoms with Crippen LogP contribution in [-0.4, -0.2) is 41.0 Å². The Bertz CT molecular complexity index is 1710. The Kier molecular flexibility index (Phi) is 6.72. The van der Waals surface area contributed by atoms with Crippen LogP contribution in [0.3, 0.4) is 0 Å². The SMILES string of the molecule is CC(c1ccccc1)n1cc(-c2noc(C(C)(C)c3ccccc3)n2)c(=O)c2cc(F)c(N3CCOCC3)cc21. The Hall–Kier alpha value is -4.30. The lowest BCUT2D eigenvalue weighted by Crippen LogP contribution is -2.36. The molecule has 0 radical (unpaired) electrons. The number of halogens is 1. The number of pyridine rings is 1. The summed E-state index contributed by atoms with van der Waals surface area (Å²) < 4.78 is 28.7. The molecule has 204 valence electrons. The number of morpholine rings is 1. The van der Waals surface area contributed by atoms with E-state index in [-0.39, 0.29) is 28.2 Å². The number of anilines is 1. The highest BCUT2D eigenvalue weighted by molar-refractivity contribution is 5.86. The van der Waals surface area contributed by atoms with Crippen LogP contribution in [0.4, 0.5) is 10.1 Å². The van der Waals surface area contributed by atoms with Gasteiger partial charge < -0.3 is 18.7 Å².